The average molecular weight is 331 g/mol. The minimum Gasteiger partial charge on any atom is -0.295 e. The second kappa shape index (κ2) is 5.24. The van der Waals surface area contributed by atoms with Gasteiger partial charge < -0.3 is 0 Å². The molecule has 108 valence electrons. The zero-order chi connectivity index (χ0) is 15.1. The Labute approximate surface area is 127 Å². The average Bonchev–Trinajstić information content (AvgIpc) is 2.84. The lowest BCUT2D eigenvalue weighted by Crippen LogP contribution is -2.02. The van der Waals surface area contributed by atoms with E-state index in [4.69, 9.17) is 23.2 Å². The number of nitrogens with zero attached hydrogens (tertiary/aromatic N) is 2. The SMILES string of the molecule is Fc1cc(-n2c(CCl)nc3c(Cl)cccc32)cc(F)c1F. The molecule has 0 saturated carbocycles. The van der Waals surface area contributed by atoms with Crippen LogP contribution >= 0.6 is 23.2 Å². The van der Waals surface area contributed by atoms with Crippen LogP contribution in [0.3, 0.4) is 0 Å². The van der Waals surface area contributed by atoms with Crippen molar-refractivity contribution in [1.29, 1.82) is 0 Å². The predicted octanol–water partition coefficient (Wildman–Crippen LogP) is 4.84. The van der Waals surface area contributed by atoms with E-state index in [9.17, 15) is 13.2 Å². The highest BCUT2D eigenvalue weighted by Crippen LogP contribution is 2.28. The van der Waals surface area contributed by atoms with Crippen LogP contribution in [0.25, 0.3) is 16.7 Å². The molecule has 21 heavy (non-hydrogen) atoms. The van der Waals surface area contributed by atoms with E-state index in [2.05, 4.69) is 4.98 Å². The number of alkyl halides is 1. The second-order valence-corrected chi connectivity index (χ2v) is 5.00. The van der Waals surface area contributed by atoms with Crippen LogP contribution in [-0.4, -0.2) is 9.55 Å². The Morgan fingerprint density at radius 1 is 1.10 bits per heavy atom. The number of aromatic nitrogens is 2. The van der Waals surface area contributed by atoms with E-state index in [1.807, 2.05) is 0 Å². The number of benzene rings is 2. The molecule has 0 spiro atoms. The van der Waals surface area contributed by atoms with Gasteiger partial charge in [0, 0.05) is 12.1 Å². The lowest BCUT2D eigenvalue weighted by atomic mass is 10.2. The molecule has 3 rings (SSSR count). The highest BCUT2D eigenvalue weighted by Gasteiger charge is 2.17. The number of halogens is 5. The van der Waals surface area contributed by atoms with Gasteiger partial charge in [-0.3, -0.25) is 4.57 Å². The molecule has 1 aromatic heterocycles. The van der Waals surface area contributed by atoms with E-state index in [0.717, 1.165) is 12.1 Å². The van der Waals surface area contributed by atoms with Crippen molar-refractivity contribution in [3.8, 4) is 5.69 Å². The Bertz CT molecular complexity index is 823. The van der Waals surface area contributed by atoms with Gasteiger partial charge in [0.2, 0.25) is 0 Å². The first kappa shape index (κ1) is 14.2. The van der Waals surface area contributed by atoms with E-state index < -0.39 is 17.5 Å². The summed E-state index contributed by atoms with van der Waals surface area (Å²) in [7, 11) is 0. The lowest BCUT2D eigenvalue weighted by molar-refractivity contribution is 0.446. The summed E-state index contributed by atoms with van der Waals surface area (Å²) < 4.78 is 41.4. The zero-order valence-electron chi connectivity index (χ0n) is 10.4. The summed E-state index contributed by atoms with van der Waals surface area (Å²) in [4.78, 5) is 4.25. The zero-order valence-corrected chi connectivity index (χ0v) is 11.9. The molecule has 0 bridgehead atoms. The molecule has 0 N–H and O–H groups in total. The van der Waals surface area contributed by atoms with Crippen LogP contribution in [0.1, 0.15) is 5.82 Å². The van der Waals surface area contributed by atoms with Gasteiger partial charge >= 0.3 is 0 Å². The molecule has 0 radical (unpaired) electrons. The minimum atomic E-state index is -1.52. The Morgan fingerprint density at radius 2 is 1.76 bits per heavy atom. The van der Waals surface area contributed by atoms with Crippen molar-refractivity contribution in [2.45, 2.75) is 5.88 Å². The van der Waals surface area contributed by atoms with Gasteiger partial charge in [-0.15, -0.1) is 11.6 Å². The van der Waals surface area contributed by atoms with E-state index in [0.29, 0.717) is 21.9 Å². The molecule has 2 aromatic carbocycles. The summed E-state index contributed by atoms with van der Waals surface area (Å²) in [6.07, 6.45) is 0. The molecule has 0 saturated heterocycles. The Kier molecular flexibility index (Phi) is 3.55. The summed E-state index contributed by atoms with van der Waals surface area (Å²) >= 11 is 11.9. The van der Waals surface area contributed by atoms with Crippen LogP contribution in [0.15, 0.2) is 30.3 Å². The Morgan fingerprint density at radius 3 is 2.38 bits per heavy atom. The number of para-hydroxylation sites is 1. The molecule has 0 unspecified atom stereocenters. The van der Waals surface area contributed by atoms with Crippen molar-refractivity contribution in [2.24, 2.45) is 0 Å². The number of fused-ring (bicyclic) bond motifs is 1. The minimum absolute atomic E-state index is 0.00558. The number of hydrogen-bond acceptors (Lipinski definition) is 1. The maximum absolute atomic E-state index is 13.4. The van der Waals surface area contributed by atoms with Gasteiger partial charge in [0.05, 0.1) is 22.1 Å². The van der Waals surface area contributed by atoms with E-state index in [1.54, 1.807) is 18.2 Å². The number of hydrogen-bond donors (Lipinski definition) is 0. The largest absolute Gasteiger partial charge is 0.295 e. The molecule has 2 nitrogen and oxygen atoms in total. The van der Waals surface area contributed by atoms with E-state index in [1.165, 1.54) is 4.57 Å². The van der Waals surface area contributed by atoms with Crippen molar-refractivity contribution >= 4 is 34.2 Å². The molecule has 0 aliphatic carbocycles. The van der Waals surface area contributed by atoms with Crippen molar-refractivity contribution < 1.29 is 13.2 Å². The van der Waals surface area contributed by atoms with Gasteiger partial charge in [-0.2, -0.15) is 0 Å². The third kappa shape index (κ3) is 2.26. The molecule has 0 fully saturated rings. The highest BCUT2D eigenvalue weighted by atomic mass is 35.5. The summed E-state index contributed by atoms with van der Waals surface area (Å²) in [5.41, 5.74) is 1.08. The fraction of sp³-hybridized carbons (Fsp3) is 0.0714. The van der Waals surface area contributed by atoms with Gasteiger partial charge in [0.15, 0.2) is 17.5 Å². The van der Waals surface area contributed by atoms with Gasteiger partial charge in [-0.05, 0) is 12.1 Å². The Hall–Kier alpha value is -1.72. The van der Waals surface area contributed by atoms with Crippen LogP contribution in [-0.2, 0) is 5.88 Å². The van der Waals surface area contributed by atoms with Crippen LogP contribution in [0.5, 0.6) is 0 Å². The predicted molar refractivity (Wildman–Crippen MR) is 75.5 cm³/mol. The fourth-order valence-electron chi connectivity index (χ4n) is 2.16. The van der Waals surface area contributed by atoms with E-state index in [-0.39, 0.29) is 11.6 Å². The summed E-state index contributed by atoms with van der Waals surface area (Å²) in [5.74, 6) is -3.73. The normalized spacial score (nSPS) is 11.3. The molecule has 1 heterocycles. The van der Waals surface area contributed by atoms with Crippen LogP contribution < -0.4 is 0 Å². The van der Waals surface area contributed by atoms with Gasteiger partial charge in [-0.25, -0.2) is 18.2 Å². The molecule has 7 heteroatoms. The number of rotatable bonds is 2. The molecule has 0 amide bonds. The molecule has 0 atom stereocenters. The second-order valence-electron chi connectivity index (χ2n) is 4.33. The quantitative estimate of drug-likeness (QED) is 0.486. The van der Waals surface area contributed by atoms with Gasteiger partial charge in [0.1, 0.15) is 11.3 Å². The molecule has 3 aromatic rings. The van der Waals surface area contributed by atoms with Crippen molar-refractivity contribution in [3.63, 3.8) is 0 Å². The summed E-state index contributed by atoms with van der Waals surface area (Å²) in [5, 5.41) is 0.390. The maximum atomic E-state index is 13.4. The lowest BCUT2D eigenvalue weighted by Gasteiger charge is -2.09. The standard InChI is InChI=1S/C14H7Cl2F3N2/c15-6-12-20-14-8(16)2-1-3-11(14)21(12)7-4-9(17)13(19)10(18)5-7/h1-5H,6H2. The topological polar surface area (TPSA) is 17.8 Å². The van der Waals surface area contributed by atoms with Crippen molar-refractivity contribution in [1.82, 2.24) is 9.55 Å². The molecule has 0 aliphatic rings. The maximum Gasteiger partial charge on any atom is 0.194 e. The molecule has 0 aliphatic heterocycles. The molecular formula is C14H7Cl2F3N2. The van der Waals surface area contributed by atoms with Crippen LogP contribution in [0, 0.1) is 17.5 Å². The van der Waals surface area contributed by atoms with Crippen LogP contribution in [0.4, 0.5) is 13.2 Å². The smallest absolute Gasteiger partial charge is 0.194 e. The van der Waals surface area contributed by atoms with Gasteiger partial charge in [-0.1, -0.05) is 17.7 Å². The Balaban J connectivity index is 2.36. The first-order valence-electron chi connectivity index (χ1n) is 5.89. The molecular weight excluding hydrogens is 324 g/mol. The fourth-order valence-corrected chi connectivity index (χ4v) is 2.55. The van der Waals surface area contributed by atoms with Crippen LogP contribution in [0.2, 0.25) is 5.02 Å². The summed E-state index contributed by atoms with van der Waals surface area (Å²) in [6.45, 7) is 0. The highest BCUT2D eigenvalue weighted by molar-refractivity contribution is 6.35. The first-order chi connectivity index (χ1) is 10.0. The third-order valence-corrected chi connectivity index (χ3v) is 3.60. The monoisotopic (exact) mass is 330 g/mol. The van der Waals surface area contributed by atoms with Crippen molar-refractivity contribution in [2.75, 3.05) is 0 Å². The van der Waals surface area contributed by atoms with E-state index >= 15 is 0 Å². The number of imidazole rings is 1. The van der Waals surface area contributed by atoms with Crippen molar-refractivity contribution in [3.05, 3.63) is 58.6 Å². The summed E-state index contributed by atoms with van der Waals surface area (Å²) in [6, 6.07) is 6.78. The van der Waals surface area contributed by atoms with Gasteiger partial charge in [0.25, 0.3) is 0 Å². The third-order valence-electron chi connectivity index (χ3n) is 3.05. The first-order valence-corrected chi connectivity index (χ1v) is 6.81.